The van der Waals surface area contributed by atoms with Crippen molar-refractivity contribution in [2.75, 3.05) is 0 Å². The molecule has 0 aliphatic rings. The molecule has 0 spiro atoms. The highest BCUT2D eigenvalue weighted by molar-refractivity contribution is 6.33. The Labute approximate surface area is 137 Å². The molecule has 0 atom stereocenters. The maximum absolute atomic E-state index is 12.3. The van der Waals surface area contributed by atoms with Gasteiger partial charge in [-0.05, 0) is 30.2 Å². The highest BCUT2D eigenvalue weighted by Gasteiger charge is 2.20. The number of para-hydroxylation sites is 1. The van der Waals surface area contributed by atoms with Gasteiger partial charge in [-0.3, -0.25) is 10.1 Å². The van der Waals surface area contributed by atoms with E-state index in [4.69, 9.17) is 16.3 Å². The maximum atomic E-state index is 12.3. The fourth-order valence-electron chi connectivity index (χ4n) is 2.17. The maximum Gasteiger partial charge on any atom is 0.340 e. The summed E-state index contributed by atoms with van der Waals surface area (Å²) in [6, 6.07) is 9.22. The molecule has 6 nitrogen and oxygen atoms in total. The number of carbonyl (C=O) groups excluding carboxylic acids is 1. The molecular formula is C16H14ClNO5. The van der Waals surface area contributed by atoms with Crippen molar-refractivity contribution in [3.63, 3.8) is 0 Å². The van der Waals surface area contributed by atoms with E-state index in [1.165, 1.54) is 24.3 Å². The number of hydrogen-bond acceptors (Lipinski definition) is 5. The van der Waals surface area contributed by atoms with Crippen molar-refractivity contribution < 1.29 is 19.6 Å². The standard InChI is InChI=1S/C16H14ClNO5/c1-10-6-7-13(17)15(12(10)8-19)16(20)23-9-11-4-2-3-5-14(11)18(21)22/h2-7,19H,8-9H2,1H3. The summed E-state index contributed by atoms with van der Waals surface area (Å²) in [5.41, 5.74) is 1.31. The van der Waals surface area contributed by atoms with E-state index in [2.05, 4.69) is 0 Å². The summed E-state index contributed by atoms with van der Waals surface area (Å²) < 4.78 is 5.14. The topological polar surface area (TPSA) is 89.7 Å². The lowest BCUT2D eigenvalue weighted by Gasteiger charge is -2.12. The van der Waals surface area contributed by atoms with E-state index in [1.807, 2.05) is 0 Å². The van der Waals surface area contributed by atoms with Crippen LogP contribution in [0.1, 0.15) is 27.0 Å². The Balaban J connectivity index is 2.25. The second kappa shape index (κ2) is 7.21. The number of benzene rings is 2. The quantitative estimate of drug-likeness (QED) is 0.513. The number of esters is 1. The first-order valence-corrected chi connectivity index (χ1v) is 7.11. The van der Waals surface area contributed by atoms with Crippen molar-refractivity contribution in [3.8, 4) is 0 Å². The van der Waals surface area contributed by atoms with Crippen molar-refractivity contribution in [3.05, 3.63) is 73.8 Å². The normalized spacial score (nSPS) is 10.4. The first kappa shape index (κ1) is 16.9. The summed E-state index contributed by atoms with van der Waals surface area (Å²) in [5, 5.41) is 20.5. The Hall–Kier alpha value is -2.44. The van der Waals surface area contributed by atoms with E-state index < -0.39 is 10.9 Å². The summed E-state index contributed by atoms with van der Waals surface area (Å²) in [5.74, 6) is -0.735. The van der Waals surface area contributed by atoms with E-state index >= 15 is 0 Å². The van der Waals surface area contributed by atoms with Crippen molar-refractivity contribution in [1.82, 2.24) is 0 Å². The van der Waals surface area contributed by atoms with E-state index in [1.54, 1.807) is 19.1 Å². The molecule has 2 aromatic rings. The van der Waals surface area contributed by atoms with E-state index in [0.29, 0.717) is 11.1 Å². The molecule has 23 heavy (non-hydrogen) atoms. The molecule has 0 saturated heterocycles. The molecule has 2 rings (SSSR count). The fourth-order valence-corrected chi connectivity index (χ4v) is 2.43. The first-order valence-electron chi connectivity index (χ1n) is 6.74. The highest BCUT2D eigenvalue weighted by atomic mass is 35.5. The molecule has 7 heteroatoms. The second-order valence-corrected chi connectivity index (χ2v) is 5.25. The molecule has 0 bridgehead atoms. The zero-order valence-electron chi connectivity index (χ0n) is 12.3. The molecule has 0 fully saturated rings. The number of aliphatic hydroxyl groups excluding tert-OH is 1. The molecule has 0 saturated carbocycles. The van der Waals surface area contributed by atoms with Gasteiger partial charge < -0.3 is 9.84 Å². The Morgan fingerprint density at radius 3 is 2.65 bits per heavy atom. The van der Waals surface area contributed by atoms with Gasteiger partial charge in [-0.1, -0.05) is 29.8 Å². The van der Waals surface area contributed by atoms with Gasteiger partial charge in [0.15, 0.2) is 0 Å². The molecule has 0 aliphatic heterocycles. The lowest BCUT2D eigenvalue weighted by Crippen LogP contribution is -2.11. The van der Waals surface area contributed by atoms with Gasteiger partial charge in [0, 0.05) is 6.07 Å². The van der Waals surface area contributed by atoms with Gasteiger partial charge in [0.25, 0.3) is 5.69 Å². The third kappa shape index (κ3) is 3.67. The predicted molar refractivity (Wildman–Crippen MR) is 84.3 cm³/mol. The number of carbonyl (C=O) groups is 1. The largest absolute Gasteiger partial charge is 0.457 e. The lowest BCUT2D eigenvalue weighted by molar-refractivity contribution is -0.385. The van der Waals surface area contributed by atoms with Gasteiger partial charge in [0.2, 0.25) is 0 Å². The number of halogens is 1. The van der Waals surface area contributed by atoms with Crippen LogP contribution in [0.5, 0.6) is 0 Å². The van der Waals surface area contributed by atoms with Gasteiger partial charge in [0.1, 0.15) is 6.61 Å². The predicted octanol–water partition coefficient (Wildman–Crippen LogP) is 3.41. The summed E-state index contributed by atoms with van der Waals surface area (Å²) in [4.78, 5) is 22.7. The molecule has 2 aromatic carbocycles. The van der Waals surface area contributed by atoms with Crippen molar-refractivity contribution in [2.24, 2.45) is 0 Å². The SMILES string of the molecule is Cc1ccc(Cl)c(C(=O)OCc2ccccc2[N+](=O)[O-])c1CO. The third-order valence-electron chi connectivity index (χ3n) is 3.41. The minimum Gasteiger partial charge on any atom is -0.457 e. The highest BCUT2D eigenvalue weighted by Crippen LogP contribution is 2.25. The van der Waals surface area contributed by atoms with Gasteiger partial charge in [-0.15, -0.1) is 0 Å². The first-order chi connectivity index (χ1) is 11.0. The number of ether oxygens (including phenoxy) is 1. The van der Waals surface area contributed by atoms with Crippen molar-refractivity contribution >= 4 is 23.3 Å². The molecule has 0 aliphatic carbocycles. The Bertz CT molecular complexity index is 760. The van der Waals surface area contributed by atoms with Crippen LogP contribution in [-0.2, 0) is 18.0 Å². The number of rotatable bonds is 5. The smallest absolute Gasteiger partial charge is 0.340 e. The van der Waals surface area contributed by atoms with Gasteiger partial charge in [0.05, 0.1) is 27.7 Å². The van der Waals surface area contributed by atoms with E-state index in [-0.39, 0.29) is 35.1 Å². The molecule has 120 valence electrons. The number of nitro groups is 1. The fraction of sp³-hybridized carbons (Fsp3) is 0.188. The van der Waals surface area contributed by atoms with Crippen LogP contribution in [0.4, 0.5) is 5.69 Å². The minimum absolute atomic E-state index is 0.0766. The lowest BCUT2D eigenvalue weighted by atomic mass is 10.0. The molecule has 0 radical (unpaired) electrons. The van der Waals surface area contributed by atoms with Crippen molar-refractivity contribution in [1.29, 1.82) is 0 Å². The number of hydrogen-bond donors (Lipinski definition) is 1. The van der Waals surface area contributed by atoms with Crippen LogP contribution in [0.2, 0.25) is 5.02 Å². The van der Waals surface area contributed by atoms with Crippen LogP contribution >= 0.6 is 11.6 Å². The van der Waals surface area contributed by atoms with E-state index in [0.717, 1.165) is 0 Å². The van der Waals surface area contributed by atoms with E-state index in [9.17, 15) is 20.0 Å². The van der Waals surface area contributed by atoms with Crippen LogP contribution in [0, 0.1) is 17.0 Å². The summed E-state index contributed by atoms with van der Waals surface area (Å²) >= 11 is 6.02. The van der Waals surface area contributed by atoms with Crippen LogP contribution in [0.3, 0.4) is 0 Å². The number of nitro benzene ring substituents is 1. The monoisotopic (exact) mass is 335 g/mol. The van der Waals surface area contributed by atoms with Gasteiger partial charge in [-0.2, -0.15) is 0 Å². The molecule has 0 amide bonds. The molecule has 0 unspecified atom stereocenters. The number of aryl methyl sites for hydroxylation is 1. The molecular weight excluding hydrogens is 322 g/mol. The second-order valence-electron chi connectivity index (χ2n) is 4.84. The van der Waals surface area contributed by atoms with Crippen LogP contribution in [0.15, 0.2) is 36.4 Å². The summed E-state index contributed by atoms with van der Waals surface area (Å²) in [6.45, 7) is 1.12. The Morgan fingerprint density at radius 2 is 2.00 bits per heavy atom. The Morgan fingerprint density at radius 1 is 1.30 bits per heavy atom. The zero-order chi connectivity index (χ0) is 17.0. The van der Waals surface area contributed by atoms with Gasteiger partial charge >= 0.3 is 5.97 Å². The summed E-state index contributed by atoms with van der Waals surface area (Å²) in [6.07, 6.45) is 0. The van der Waals surface area contributed by atoms with Crippen molar-refractivity contribution in [2.45, 2.75) is 20.1 Å². The van der Waals surface area contributed by atoms with Crippen LogP contribution in [0.25, 0.3) is 0 Å². The molecule has 0 aromatic heterocycles. The van der Waals surface area contributed by atoms with Gasteiger partial charge in [-0.25, -0.2) is 4.79 Å². The zero-order valence-corrected chi connectivity index (χ0v) is 13.0. The summed E-state index contributed by atoms with van der Waals surface area (Å²) in [7, 11) is 0. The molecule has 1 N–H and O–H groups in total. The molecule has 0 heterocycles. The average Bonchev–Trinajstić information content (AvgIpc) is 2.54. The average molecular weight is 336 g/mol. The number of nitrogens with zero attached hydrogens (tertiary/aromatic N) is 1. The number of aliphatic hydroxyl groups is 1. The Kier molecular flexibility index (Phi) is 5.31. The third-order valence-corrected chi connectivity index (χ3v) is 3.72. The van der Waals surface area contributed by atoms with Crippen LogP contribution < -0.4 is 0 Å². The van der Waals surface area contributed by atoms with Crippen LogP contribution in [-0.4, -0.2) is 16.0 Å². The minimum atomic E-state index is -0.735.